The molecule has 1 aromatic heterocycles. The molecule has 3 N–H and O–H groups in total. The van der Waals surface area contributed by atoms with Crippen molar-refractivity contribution in [2.45, 2.75) is 25.0 Å². The number of carbonyl (C=O) groups excluding carboxylic acids is 1. The summed E-state index contributed by atoms with van der Waals surface area (Å²) in [6.45, 7) is 0.732. The van der Waals surface area contributed by atoms with Crippen LogP contribution in [0, 0.1) is 0 Å². The quantitative estimate of drug-likeness (QED) is 0.777. The van der Waals surface area contributed by atoms with E-state index >= 15 is 0 Å². The molecule has 0 spiro atoms. The Kier molecular flexibility index (Phi) is 3.71. The second-order valence-electron chi connectivity index (χ2n) is 4.27. The summed E-state index contributed by atoms with van der Waals surface area (Å²) in [6.07, 6.45) is 4.47. The molecular weight excluding hydrogens is 218 g/mol. The molecule has 0 aromatic carbocycles. The van der Waals surface area contributed by atoms with Crippen molar-refractivity contribution in [1.82, 2.24) is 10.3 Å². The lowest BCUT2D eigenvalue weighted by Gasteiger charge is -2.10. The van der Waals surface area contributed by atoms with Crippen LogP contribution in [0.2, 0.25) is 0 Å². The van der Waals surface area contributed by atoms with E-state index in [1.54, 1.807) is 25.6 Å². The summed E-state index contributed by atoms with van der Waals surface area (Å²) in [5.74, 6) is 0.143. The zero-order valence-corrected chi connectivity index (χ0v) is 9.85. The predicted molar refractivity (Wildman–Crippen MR) is 64.6 cm³/mol. The van der Waals surface area contributed by atoms with Crippen LogP contribution in [0.4, 0.5) is 5.69 Å². The Morgan fingerprint density at radius 3 is 3.18 bits per heavy atom. The Hall–Kier alpha value is -1.46. The van der Waals surface area contributed by atoms with Crippen molar-refractivity contribution in [3.8, 4) is 0 Å². The number of methoxy groups -OCH3 is 1. The molecule has 0 saturated carbocycles. The number of nitrogen functional groups attached to an aromatic ring is 1. The standard InChI is InChI=1S/C12H17N3O2/c1-17-9-5-11(15-7-9)12(16)4-8-6-14-3-2-10(8)13/h2-3,6,9,11,15H,4-5,7H2,1H3,(H2,13,14). The Morgan fingerprint density at radius 1 is 1.71 bits per heavy atom. The van der Waals surface area contributed by atoms with Crippen molar-refractivity contribution < 1.29 is 9.53 Å². The van der Waals surface area contributed by atoms with Gasteiger partial charge < -0.3 is 15.8 Å². The first kappa shape index (κ1) is 12.0. The normalized spacial score (nSPS) is 23.8. The second kappa shape index (κ2) is 5.25. The van der Waals surface area contributed by atoms with Gasteiger partial charge in [-0.05, 0) is 12.5 Å². The van der Waals surface area contributed by atoms with Crippen LogP contribution in [0.5, 0.6) is 0 Å². The highest BCUT2D eigenvalue weighted by molar-refractivity contribution is 5.87. The molecule has 2 heterocycles. The number of ketones is 1. The SMILES string of the molecule is COC1CNC(C(=O)Cc2cnccc2N)C1. The summed E-state index contributed by atoms with van der Waals surface area (Å²) < 4.78 is 5.21. The van der Waals surface area contributed by atoms with E-state index in [1.807, 2.05) is 0 Å². The maximum absolute atomic E-state index is 12.0. The zero-order valence-electron chi connectivity index (χ0n) is 9.85. The fourth-order valence-corrected chi connectivity index (χ4v) is 2.02. The van der Waals surface area contributed by atoms with Crippen LogP contribution in [-0.4, -0.2) is 36.6 Å². The van der Waals surface area contributed by atoms with Crippen LogP contribution in [0.1, 0.15) is 12.0 Å². The van der Waals surface area contributed by atoms with Gasteiger partial charge in [0.1, 0.15) is 0 Å². The Balaban J connectivity index is 1.96. The molecule has 5 nitrogen and oxygen atoms in total. The summed E-state index contributed by atoms with van der Waals surface area (Å²) >= 11 is 0. The predicted octanol–water partition coefficient (Wildman–Crippen LogP) is 0.152. The van der Waals surface area contributed by atoms with E-state index in [0.717, 1.165) is 18.5 Å². The van der Waals surface area contributed by atoms with Gasteiger partial charge >= 0.3 is 0 Å². The van der Waals surface area contributed by atoms with E-state index < -0.39 is 0 Å². The number of nitrogens with one attached hydrogen (secondary N) is 1. The number of ether oxygens (including phenoxy) is 1. The molecule has 0 amide bonds. The lowest BCUT2D eigenvalue weighted by Crippen LogP contribution is -2.32. The van der Waals surface area contributed by atoms with Gasteiger partial charge in [0.2, 0.25) is 0 Å². The number of anilines is 1. The number of nitrogens with two attached hydrogens (primary N) is 1. The van der Waals surface area contributed by atoms with Gasteiger partial charge in [-0.25, -0.2) is 0 Å². The third kappa shape index (κ3) is 2.81. The van der Waals surface area contributed by atoms with E-state index in [1.165, 1.54) is 0 Å². The van der Waals surface area contributed by atoms with E-state index in [4.69, 9.17) is 10.5 Å². The highest BCUT2D eigenvalue weighted by Crippen LogP contribution is 2.15. The summed E-state index contributed by atoms with van der Waals surface area (Å²) in [5.41, 5.74) is 7.20. The van der Waals surface area contributed by atoms with Gasteiger partial charge in [0.05, 0.1) is 12.1 Å². The molecule has 0 aliphatic carbocycles. The molecule has 2 rings (SSSR count). The largest absolute Gasteiger partial charge is 0.398 e. The number of rotatable bonds is 4. The smallest absolute Gasteiger partial charge is 0.154 e. The van der Waals surface area contributed by atoms with Gasteiger partial charge in [0.15, 0.2) is 5.78 Å². The molecule has 2 atom stereocenters. The third-order valence-electron chi connectivity index (χ3n) is 3.12. The first-order chi connectivity index (χ1) is 8.20. The summed E-state index contributed by atoms with van der Waals surface area (Å²) in [4.78, 5) is 16.0. The Bertz CT molecular complexity index is 408. The first-order valence-electron chi connectivity index (χ1n) is 5.68. The number of Topliss-reactive ketones (excluding diaryl/α,β-unsaturated/α-hetero) is 1. The minimum Gasteiger partial charge on any atom is -0.398 e. The molecular formula is C12H17N3O2. The molecule has 1 saturated heterocycles. The van der Waals surface area contributed by atoms with E-state index in [2.05, 4.69) is 10.3 Å². The first-order valence-corrected chi connectivity index (χ1v) is 5.68. The molecule has 1 fully saturated rings. The minimum absolute atomic E-state index is 0.125. The van der Waals surface area contributed by atoms with Crippen molar-refractivity contribution >= 4 is 11.5 Å². The van der Waals surface area contributed by atoms with Gasteiger partial charge in [-0.1, -0.05) is 0 Å². The number of carbonyl (C=O) groups is 1. The summed E-state index contributed by atoms with van der Waals surface area (Å²) in [6, 6.07) is 1.59. The van der Waals surface area contributed by atoms with Gasteiger partial charge in [0, 0.05) is 43.7 Å². The summed E-state index contributed by atoms with van der Waals surface area (Å²) in [7, 11) is 1.66. The Morgan fingerprint density at radius 2 is 2.53 bits per heavy atom. The number of aromatic nitrogens is 1. The number of pyridine rings is 1. The van der Waals surface area contributed by atoms with Crippen LogP contribution in [0.15, 0.2) is 18.5 Å². The molecule has 1 aliphatic rings. The molecule has 0 radical (unpaired) electrons. The minimum atomic E-state index is -0.125. The average Bonchev–Trinajstić information content (AvgIpc) is 2.81. The van der Waals surface area contributed by atoms with Gasteiger partial charge in [-0.2, -0.15) is 0 Å². The van der Waals surface area contributed by atoms with Gasteiger partial charge in [0.25, 0.3) is 0 Å². The maximum Gasteiger partial charge on any atom is 0.154 e. The lowest BCUT2D eigenvalue weighted by molar-refractivity contribution is -0.120. The molecule has 0 bridgehead atoms. The highest BCUT2D eigenvalue weighted by atomic mass is 16.5. The number of hydrogen-bond donors (Lipinski definition) is 2. The highest BCUT2D eigenvalue weighted by Gasteiger charge is 2.29. The van der Waals surface area contributed by atoms with Gasteiger partial charge in [-0.3, -0.25) is 9.78 Å². The van der Waals surface area contributed by atoms with Crippen molar-refractivity contribution in [2.75, 3.05) is 19.4 Å². The van der Waals surface area contributed by atoms with Crippen LogP contribution in [-0.2, 0) is 16.0 Å². The fraction of sp³-hybridized carbons (Fsp3) is 0.500. The lowest BCUT2D eigenvalue weighted by atomic mass is 10.0. The molecule has 5 heteroatoms. The number of hydrogen-bond acceptors (Lipinski definition) is 5. The molecule has 17 heavy (non-hydrogen) atoms. The van der Waals surface area contributed by atoms with Crippen LogP contribution >= 0.6 is 0 Å². The molecule has 1 aliphatic heterocycles. The second-order valence-corrected chi connectivity index (χ2v) is 4.27. The maximum atomic E-state index is 12.0. The monoisotopic (exact) mass is 235 g/mol. The van der Waals surface area contributed by atoms with Crippen LogP contribution < -0.4 is 11.1 Å². The molecule has 1 aromatic rings. The fourth-order valence-electron chi connectivity index (χ4n) is 2.02. The topological polar surface area (TPSA) is 77.2 Å². The Labute approximate surface area is 100 Å². The van der Waals surface area contributed by atoms with Crippen molar-refractivity contribution in [2.24, 2.45) is 0 Å². The van der Waals surface area contributed by atoms with Crippen LogP contribution in [0.25, 0.3) is 0 Å². The van der Waals surface area contributed by atoms with Crippen LogP contribution in [0.3, 0.4) is 0 Å². The van der Waals surface area contributed by atoms with E-state index in [0.29, 0.717) is 12.1 Å². The summed E-state index contributed by atoms with van der Waals surface area (Å²) in [5, 5.41) is 3.16. The van der Waals surface area contributed by atoms with Crippen molar-refractivity contribution in [3.63, 3.8) is 0 Å². The third-order valence-corrected chi connectivity index (χ3v) is 3.12. The van der Waals surface area contributed by atoms with Crippen molar-refractivity contribution in [1.29, 1.82) is 0 Å². The van der Waals surface area contributed by atoms with E-state index in [9.17, 15) is 4.79 Å². The average molecular weight is 235 g/mol. The van der Waals surface area contributed by atoms with Gasteiger partial charge in [-0.15, -0.1) is 0 Å². The number of nitrogens with zero attached hydrogens (tertiary/aromatic N) is 1. The molecule has 92 valence electrons. The van der Waals surface area contributed by atoms with Crippen molar-refractivity contribution in [3.05, 3.63) is 24.0 Å². The zero-order chi connectivity index (χ0) is 12.3. The molecule has 2 unspecified atom stereocenters. The van der Waals surface area contributed by atoms with E-state index in [-0.39, 0.29) is 17.9 Å².